The number of aromatic nitrogens is 3. The van der Waals surface area contributed by atoms with E-state index in [1.54, 1.807) is 10.7 Å². The van der Waals surface area contributed by atoms with Crippen LogP contribution in [0.1, 0.15) is 51.3 Å². The fraction of sp³-hybridized carbons (Fsp3) is 0.548. The molecule has 2 fully saturated rings. The fourth-order valence-corrected chi connectivity index (χ4v) is 9.51. The molecule has 0 aromatic carbocycles. The minimum Gasteiger partial charge on any atom is -0.448 e. The lowest BCUT2D eigenvalue weighted by Crippen LogP contribution is -2.62. The summed E-state index contributed by atoms with van der Waals surface area (Å²) in [6, 6.07) is 2.02. The Labute approximate surface area is 247 Å². The second-order valence-corrected chi connectivity index (χ2v) is 13.4. The van der Waals surface area contributed by atoms with Crippen molar-refractivity contribution >= 4 is 28.9 Å². The third-order valence-corrected chi connectivity index (χ3v) is 11.1. The van der Waals surface area contributed by atoms with Crippen molar-refractivity contribution in [3.05, 3.63) is 59.0 Å². The Kier molecular flexibility index (Phi) is 7.21. The third-order valence-electron chi connectivity index (χ3n) is 10.4. The Hall–Kier alpha value is -2.89. The number of methoxy groups -OCH3 is 1. The van der Waals surface area contributed by atoms with Crippen LogP contribution in [0.25, 0.3) is 11.8 Å². The number of fused-ring (bicyclic) bond motifs is 6. The summed E-state index contributed by atoms with van der Waals surface area (Å²) >= 11 is 0.520. The van der Waals surface area contributed by atoms with Gasteiger partial charge in [-0.15, -0.1) is 0 Å². The van der Waals surface area contributed by atoms with E-state index in [-0.39, 0.29) is 37.2 Å². The lowest BCUT2D eigenvalue weighted by atomic mass is 9.46. The van der Waals surface area contributed by atoms with Gasteiger partial charge in [0.2, 0.25) is 11.1 Å². The van der Waals surface area contributed by atoms with E-state index in [0.29, 0.717) is 30.3 Å². The average molecular weight is 600 g/mol. The third kappa shape index (κ3) is 4.14. The molecule has 4 aliphatic rings. The van der Waals surface area contributed by atoms with Gasteiger partial charge in [0.25, 0.3) is 0 Å². The van der Waals surface area contributed by atoms with E-state index in [1.807, 2.05) is 13.1 Å². The minimum atomic E-state index is -1.56. The van der Waals surface area contributed by atoms with Gasteiger partial charge in [0.15, 0.2) is 5.60 Å². The highest BCUT2D eigenvalue weighted by atomic mass is 32.2. The molecule has 2 aromatic rings. The molecule has 42 heavy (non-hydrogen) atoms. The number of carbonyl (C=O) groups is 2. The second kappa shape index (κ2) is 10.4. The summed E-state index contributed by atoms with van der Waals surface area (Å²) in [5.74, 6) is -1.57. The summed E-state index contributed by atoms with van der Waals surface area (Å²) < 4.78 is 39.6. The Bertz CT molecular complexity index is 1490. The van der Waals surface area contributed by atoms with Gasteiger partial charge in [-0.3, -0.25) is 4.79 Å². The van der Waals surface area contributed by atoms with Gasteiger partial charge in [0, 0.05) is 23.9 Å². The lowest BCUT2D eigenvalue weighted by Gasteiger charge is -2.59. The van der Waals surface area contributed by atoms with E-state index in [2.05, 4.69) is 36.1 Å². The fourth-order valence-electron chi connectivity index (χ4n) is 8.80. The van der Waals surface area contributed by atoms with Gasteiger partial charge < -0.3 is 14.6 Å². The molecule has 224 valence electrons. The molecule has 0 bridgehead atoms. The smallest absolute Gasteiger partial charge is 0.333 e. The van der Waals surface area contributed by atoms with Gasteiger partial charge in [-0.1, -0.05) is 25.5 Å². The average Bonchev–Trinajstić information content (AvgIpc) is 3.46. The highest BCUT2D eigenvalue weighted by molar-refractivity contribution is 8.13. The normalized spacial score (nSPS) is 34.8. The molecular weight excluding hydrogens is 564 g/mol. The summed E-state index contributed by atoms with van der Waals surface area (Å²) in [7, 11) is 1.37. The van der Waals surface area contributed by atoms with Gasteiger partial charge >= 0.3 is 5.97 Å². The number of ether oxygens (including phenoxy) is 2. The number of rotatable bonds is 6. The molecule has 1 unspecified atom stereocenters. The van der Waals surface area contributed by atoms with Crippen LogP contribution in [0, 0.1) is 34.5 Å². The number of halogens is 2. The quantitative estimate of drug-likeness (QED) is 0.372. The molecule has 2 heterocycles. The number of thioether (sulfide) groups is 1. The maximum Gasteiger partial charge on any atom is 0.333 e. The highest BCUT2D eigenvalue weighted by Gasteiger charge is 2.70. The van der Waals surface area contributed by atoms with Crippen LogP contribution in [0.15, 0.2) is 41.7 Å². The Morgan fingerprint density at radius 1 is 1.26 bits per heavy atom. The molecular formula is C31H35F2N3O5S. The predicted molar refractivity (Wildman–Crippen MR) is 153 cm³/mol. The van der Waals surface area contributed by atoms with Crippen molar-refractivity contribution in [2.75, 3.05) is 19.7 Å². The summed E-state index contributed by atoms with van der Waals surface area (Å²) in [6.07, 6.45) is 8.52. The molecule has 0 saturated heterocycles. The largest absolute Gasteiger partial charge is 0.448 e. The van der Waals surface area contributed by atoms with Crippen molar-refractivity contribution in [1.82, 2.24) is 14.8 Å². The molecule has 6 rings (SSSR count). The van der Waals surface area contributed by atoms with E-state index in [9.17, 15) is 23.5 Å². The first-order valence-electron chi connectivity index (χ1n) is 14.2. The van der Waals surface area contributed by atoms with Crippen molar-refractivity contribution < 1.29 is 33.0 Å². The summed E-state index contributed by atoms with van der Waals surface area (Å²) in [6.45, 7) is 5.84. The summed E-state index contributed by atoms with van der Waals surface area (Å²) in [4.78, 5) is 30.0. The number of alkyl halides is 1. The zero-order valence-electron chi connectivity index (χ0n) is 24.1. The lowest BCUT2D eigenvalue weighted by molar-refractivity contribution is -0.194. The zero-order valence-corrected chi connectivity index (χ0v) is 24.9. The van der Waals surface area contributed by atoms with Crippen molar-refractivity contribution in [1.29, 1.82) is 0 Å². The van der Waals surface area contributed by atoms with E-state index in [0.717, 1.165) is 22.4 Å². The van der Waals surface area contributed by atoms with Gasteiger partial charge in [0.05, 0.1) is 29.9 Å². The molecule has 11 heteroatoms. The summed E-state index contributed by atoms with van der Waals surface area (Å²) in [5.41, 5.74) is 1.87. The van der Waals surface area contributed by atoms with Crippen LogP contribution in [-0.2, 0) is 25.5 Å². The van der Waals surface area contributed by atoms with Crippen molar-refractivity contribution in [2.24, 2.45) is 28.6 Å². The Balaban J connectivity index is 1.41. The molecule has 2 saturated carbocycles. The van der Waals surface area contributed by atoms with Crippen molar-refractivity contribution in [3.63, 3.8) is 0 Å². The highest BCUT2D eigenvalue weighted by Crippen LogP contribution is 2.68. The monoisotopic (exact) mass is 599 g/mol. The number of pyridine rings is 1. The molecule has 4 aliphatic carbocycles. The van der Waals surface area contributed by atoms with Crippen LogP contribution in [0.4, 0.5) is 8.78 Å². The number of aliphatic hydroxyl groups is 1. The molecule has 8 nitrogen and oxygen atoms in total. The molecule has 0 spiro atoms. The van der Waals surface area contributed by atoms with Crippen LogP contribution in [-0.4, -0.2) is 62.4 Å². The van der Waals surface area contributed by atoms with Gasteiger partial charge in [0.1, 0.15) is 12.6 Å². The van der Waals surface area contributed by atoms with Gasteiger partial charge in [-0.25, -0.2) is 18.9 Å². The standard InChI is InChI=1S/C31H35F2N3O5S/c1-17-9-20-21-7-8-31(28(39)42-16-32,41-26(38)15-40-4)30(21,3)12-24(37)27(20)29(2)11-18-13-35-36(23(18)10-22(17)29)19-5-6-25(33)34-14-19/h5-6,9-10,13-14,20-21,24,27,37H,7-8,11-12,15-16H2,1-4H3/t20-,21-,24-,27?,29-,30-,31-/m0/s1. The Morgan fingerprint density at radius 3 is 2.74 bits per heavy atom. The van der Waals surface area contributed by atoms with Crippen LogP contribution in [0.3, 0.4) is 0 Å². The van der Waals surface area contributed by atoms with Crippen LogP contribution >= 0.6 is 11.8 Å². The first kappa shape index (κ1) is 29.2. The number of nitrogens with zero attached hydrogens (tertiary/aromatic N) is 3. The second-order valence-electron chi connectivity index (χ2n) is 12.5. The summed E-state index contributed by atoms with van der Waals surface area (Å²) in [5, 5.41) is 16.0. The van der Waals surface area contributed by atoms with E-state index in [4.69, 9.17) is 9.47 Å². The molecule has 1 N–H and O–H groups in total. The number of aliphatic hydroxyl groups excluding tert-OH is 1. The van der Waals surface area contributed by atoms with E-state index < -0.39 is 45.6 Å². The van der Waals surface area contributed by atoms with Crippen molar-refractivity contribution in [2.45, 2.75) is 58.2 Å². The maximum atomic E-state index is 13.5. The zero-order chi connectivity index (χ0) is 30.0. The number of hydrogen-bond acceptors (Lipinski definition) is 8. The predicted octanol–water partition coefficient (Wildman–Crippen LogP) is 4.84. The number of esters is 1. The number of hydrogen-bond donors (Lipinski definition) is 1. The molecule has 0 aliphatic heterocycles. The van der Waals surface area contributed by atoms with E-state index in [1.165, 1.54) is 19.4 Å². The maximum absolute atomic E-state index is 13.5. The van der Waals surface area contributed by atoms with Crippen LogP contribution < -0.4 is 0 Å². The van der Waals surface area contributed by atoms with Crippen molar-refractivity contribution in [3.8, 4) is 5.69 Å². The Morgan fingerprint density at radius 2 is 2.05 bits per heavy atom. The number of carbonyl (C=O) groups excluding carboxylic acids is 2. The van der Waals surface area contributed by atoms with Crippen LogP contribution in [0.5, 0.6) is 0 Å². The van der Waals surface area contributed by atoms with Gasteiger partial charge in [-0.05, 0) is 85.6 Å². The van der Waals surface area contributed by atoms with Crippen LogP contribution in [0.2, 0.25) is 0 Å². The van der Waals surface area contributed by atoms with Gasteiger partial charge in [-0.2, -0.15) is 9.49 Å². The number of allylic oxidation sites excluding steroid dienone is 3. The SMILES string of the molecule is COCC(=O)O[C@]1(C(=O)SCF)CC[C@H]2[C@@H]3C=C(C)C4=Cc5c(cnn5-c5ccc(F)nc5)C[C@]4(C)C3[C@@H](O)C[C@@]21C. The molecule has 2 aromatic heterocycles. The van der Waals surface area contributed by atoms with E-state index >= 15 is 0 Å². The first-order chi connectivity index (χ1) is 20.0. The molecule has 7 atom stereocenters. The molecule has 0 radical (unpaired) electrons. The topological polar surface area (TPSA) is 104 Å². The first-order valence-corrected chi connectivity index (χ1v) is 15.2. The molecule has 0 amide bonds. The minimum absolute atomic E-state index is 0.0758.